The Labute approximate surface area is 217 Å². The van der Waals surface area contributed by atoms with E-state index in [4.69, 9.17) is 16.3 Å². The second-order valence-electron chi connectivity index (χ2n) is 11.6. The van der Waals surface area contributed by atoms with Gasteiger partial charge in [-0.2, -0.15) is 0 Å². The smallest absolute Gasteiger partial charge is 0.307 e. The Morgan fingerprint density at radius 1 is 1.26 bits per heavy atom. The monoisotopic (exact) mass is 501 g/mol. The number of hydrogen-bond donors (Lipinski definition) is 0. The zero-order valence-corrected chi connectivity index (χ0v) is 23.2. The van der Waals surface area contributed by atoms with Crippen LogP contribution < -0.4 is 0 Å². The first kappa shape index (κ1) is 27.8. The summed E-state index contributed by atoms with van der Waals surface area (Å²) in [5.74, 6) is 0.294. The highest BCUT2D eigenvalue weighted by molar-refractivity contribution is 6.31. The number of ether oxygens (including phenoxy) is 1. The number of esters is 1. The fourth-order valence-corrected chi connectivity index (χ4v) is 5.99. The molecule has 0 radical (unpaired) electrons. The van der Waals surface area contributed by atoms with Crippen LogP contribution >= 0.6 is 11.6 Å². The number of benzene rings is 1. The average molecular weight is 502 g/mol. The van der Waals surface area contributed by atoms with Gasteiger partial charge in [0.05, 0.1) is 13.0 Å². The maximum Gasteiger partial charge on any atom is 0.307 e. The summed E-state index contributed by atoms with van der Waals surface area (Å²) in [5, 5.41) is 0.813. The third-order valence-electron chi connectivity index (χ3n) is 7.74. The van der Waals surface area contributed by atoms with Crippen molar-refractivity contribution in [3.05, 3.63) is 46.1 Å². The summed E-state index contributed by atoms with van der Waals surface area (Å²) in [6.07, 6.45) is 11.5. The van der Waals surface area contributed by atoms with E-state index in [0.29, 0.717) is 25.5 Å². The molecule has 4 nitrogen and oxygen atoms in total. The second kappa shape index (κ2) is 12.0. The molecule has 1 amide bonds. The lowest BCUT2D eigenvalue weighted by molar-refractivity contribution is -0.143. The van der Waals surface area contributed by atoms with Crippen molar-refractivity contribution in [2.75, 3.05) is 13.2 Å². The summed E-state index contributed by atoms with van der Waals surface area (Å²) in [4.78, 5) is 27.1. The summed E-state index contributed by atoms with van der Waals surface area (Å²) < 4.78 is 5.09. The highest BCUT2D eigenvalue weighted by atomic mass is 35.5. The molecule has 2 aliphatic rings. The van der Waals surface area contributed by atoms with E-state index in [1.54, 1.807) is 11.8 Å². The molecule has 194 valence electrons. The van der Waals surface area contributed by atoms with Crippen LogP contribution in [0.15, 0.2) is 30.0 Å². The molecule has 0 N–H and O–H groups in total. The first-order valence-corrected chi connectivity index (χ1v) is 13.9. The van der Waals surface area contributed by atoms with Gasteiger partial charge in [-0.25, -0.2) is 0 Å². The van der Waals surface area contributed by atoms with Gasteiger partial charge in [0, 0.05) is 29.6 Å². The fraction of sp³-hybridized carbons (Fsp3) is 0.667. The molecule has 1 aromatic carbocycles. The van der Waals surface area contributed by atoms with E-state index in [9.17, 15) is 9.59 Å². The Morgan fingerprint density at radius 2 is 2.03 bits per heavy atom. The minimum absolute atomic E-state index is 0.0853. The predicted molar refractivity (Wildman–Crippen MR) is 143 cm³/mol. The van der Waals surface area contributed by atoms with E-state index in [0.717, 1.165) is 50.0 Å². The number of fused-ring (bicyclic) bond motifs is 1. The first-order chi connectivity index (χ1) is 16.6. The van der Waals surface area contributed by atoms with Gasteiger partial charge in [0.25, 0.3) is 0 Å². The summed E-state index contributed by atoms with van der Waals surface area (Å²) in [7, 11) is 0. The molecule has 0 aromatic heterocycles. The normalized spacial score (nSPS) is 22.6. The number of amides is 1. The molecule has 1 saturated carbocycles. The highest BCUT2D eigenvalue weighted by Crippen LogP contribution is 2.52. The second-order valence-corrected chi connectivity index (χ2v) is 12.0. The number of halogens is 1. The maximum atomic E-state index is 13.4. The standard InChI is InChI=1S/C30H44ClNO3/c1-6-8-10-22-11-9-16-30(24-13-12-23(26(31)19-24)14-17-29(3,4)5)20-27(33)32(21-25(22)30)18-15-28(34)35-7-2/h12-13,19,21-22H,6-11,14-18,20H2,1-5H3. The van der Waals surface area contributed by atoms with Gasteiger partial charge in [-0.15, -0.1) is 0 Å². The van der Waals surface area contributed by atoms with E-state index < -0.39 is 0 Å². The molecule has 1 heterocycles. The molecule has 1 aliphatic heterocycles. The Kier molecular flexibility index (Phi) is 9.48. The summed E-state index contributed by atoms with van der Waals surface area (Å²) >= 11 is 6.84. The largest absolute Gasteiger partial charge is 0.466 e. The van der Waals surface area contributed by atoms with Crippen molar-refractivity contribution in [3.8, 4) is 0 Å². The minimum Gasteiger partial charge on any atom is -0.466 e. The molecule has 35 heavy (non-hydrogen) atoms. The quantitative estimate of drug-likeness (QED) is 0.310. The summed E-state index contributed by atoms with van der Waals surface area (Å²) in [6.45, 7) is 11.5. The molecule has 0 saturated heterocycles. The number of aryl methyl sites for hydroxylation is 1. The number of unbranched alkanes of at least 4 members (excludes halogenated alkanes) is 1. The van der Waals surface area contributed by atoms with E-state index in [1.807, 2.05) is 0 Å². The van der Waals surface area contributed by atoms with Crippen molar-refractivity contribution in [2.45, 2.75) is 104 Å². The van der Waals surface area contributed by atoms with Gasteiger partial charge in [-0.1, -0.05) is 70.7 Å². The van der Waals surface area contributed by atoms with E-state index in [2.05, 4.69) is 52.1 Å². The average Bonchev–Trinajstić information content (AvgIpc) is 2.80. The molecular formula is C30H44ClNO3. The van der Waals surface area contributed by atoms with Crippen molar-refractivity contribution < 1.29 is 14.3 Å². The Hall–Kier alpha value is -1.81. The highest BCUT2D eigenvalue weighted by Gasteiger charge is 2.47. The summed E-state index contributed by atoms with van der Waals surface area (Å²) in [5.41, 5.74) is 3.69. The molecule has 5 heteroatoms. The maximum absolute atomic E-state index is 13.4. The number of allylic oxidation sites excluding steroid dienone is 1. The Bertz CT molecular complexity index is 932. The van der Waals surface area contributed by atoms with Gasteiger partial charge < -0.3 is 9.64 Å². The lowest BCUT2D eigenvalue weighted by atomic mass is 9.59. The van der Waals surface area contributed by atoms with Crippen LogP contribution in [-0.2, 0) is 26.2 Å². The number of carbonyl (C=O) groups is 2. The number of rotatable bonds is 10. The molecule has 1 aromatic rings. The van der Waals surface area contributed by atoms with Crippen LogP contribution in [0.3, 0.4) is 0 Å². The van der Waals surface area contributed by atoms with Crippen LogP contribution in [0.2, 0.25) is 5.02 Å². The molecule has 3 rings (SSSR count). The van der Waals surface area contributed by atoms with E-state index >= 15 is 0 Å². The Balaban J connectivity index is 1.94. The third kappa shape index (κ3) is 6.90. The van der Waals surface area contributed by atoms with Crippen molar-refractivity contribution in [1.29, 1.82) is 0 Å². The lowest BCUT2D eigenvalue weighted by Crippen LogP contribution is -2.46. The van der Waals surface area contributed by atoms with Crippen LogP contribution in [0.5, 0.6) is 0 Å². The zero-order chi connectivity index (χ0) is 25.6. The molecule has 1 aliphatic carbocycles. The number of nitrogens with zero attached hydrogens (tertiary/aromatic N) is 1. The van der Waals surface area contributed by atoms with Gasteiger partial charge in [-0.3, -0.25) is 9.59 Å². The molecular weight excluding hydrogens is 458 g/mol. The zero-order valence-electron chi connectivity index (χ0n) is 22.4. The predicted octanol–water partition coefficient (Wildman–Crippen LogP) is 7.62. The number of hydrogen-bond acceptors (Lipinski definition) is 3. The van der Waals surface area contributed by atoms with Crippen LogP contribution in [0.25, 0.3) is 0 Å². The van der Waals surface area contributed by atoms with Crippen LogP contribution in [0.1, 0.15) is 104 Å². The topological polar surface area (TPSA) is 46.6 Å². The summed E-state index contributed by atoms with van der Waals surface area (Å²) in [6, 6.07) is 6.54. The van der Waals surface area contributed by atoms with Crippen LogP contribution in [-0.4, -0.2) is 29.9 Å². The van der Waals surface area contributed by atoms with E-state index in [1.165, 1.54) is 23.1 Å². The first-order valence-electron chi connectivity index (χ1n) is 13.6. The van der Waals surface area contributed by atoms with Crippen molar-refractivity contribution >= 4 is 23.5 Å². The van der Waals surface area contributed by atoms with Crippen LogP contribution in [0, 0.1) is 11.3 Å². The van der Waals surface area contributed by atoms with Crippen LogP contribution in [0.4, 0.5) is 0 Å². The SMILES string of the molecule is CCCCC1CCCC2(c3ccc(CCC(C)(C)C)c(Cl)c3)CC(=O)N(CCC(=O)OCC)C=C12. The van der Waals surface area contributed by atoms with E-state index in [-0.39, 0.29) is 29.1 Å². The number of carbonyl (C=O) groups excluding carboxylic acids is 2. The van der Waals surface area contributed by atoms with Gasteiger partial charge in [-0.05, 0) is 73.1 Å². The van der Waals surface area contributed by atoms with Crippen molar-refractivity contribution in [2.24, 2.45) is 11.3 Å². The van der Waals surface area contributed by atoms with Gasteiger partial charge in [0.2, 0.25) is 5.91 Å². The molecule has 0 bridgehead atoms. The fourth-order valence-electron chi connectivity index (χ4n) is 5.71. The van der Waals surface area contributed by atoms with Crippen molar-refractivity contribution in [3.63, 3.8) is 0 Å². The minimum atomic E-state index is -0.291. The lowest BCUT2D eigenvalue weighted by Gasteiger charge is -2.48. The molecule has 2 atom stereocenters. The van der Waals surface area contributed by atoms with Gasteiger partial charge >= 0.3 is 5.97 Å². The molecule has 1 fully saturated rings. The van der Waals surface area contributed by atoms with Gasteiger partial charge in [0.15, 0.2) is 0 Å². The van der Waals surface area contributed by atoms with Crippen molar-refractivity contribution in [1.82, 2.24) is 4.90 Å². The molecule has 2 unspecified atom stereocenters. The Morgan fingerprint density at radius 3 is 2.69 bits per heavy atom. The third-order valence-corrected chi connectivity index (χ3v) is 8.09. The molecule has 0 spiro atoms. The van der Waals surface area contributed by atoms with Gasteiger partial charge in [0.1, 0.15) is 0 Å².